The minimum absolute atomic E-state index is 0.103. The van der Waals surface area contributed by atoms with E-state index in [1.54, 1.807) is 17.8 Å². The number of esters is 1. The molecule has 0 radical (unpaired) electrons. The molecule has 0 saturated carbocycles. The van der Waals surface area contributed by atoms with Crippen LogP contribution < -0.4 is 0 Å². The Kier molecular flexibility index (Phi) is 7.98. The zero-order valence-electron chi connectivity index (χ0n) is 11.3. The van der Waals surface area contributed by atoms with Gasteiger partial charge in [-0.3, -0.25) is 9.59 Å². The third kappa shape index (κ3) is 7.01. The molecule has 0 aromatic heterocycles. The zero-order valence-corrected chi connectivity index (χ0v) is 12.1. The first-order chi connectivity index (χ1) is 9.26. The van der Waals surface area contributed by atoms with Crippen LogP contribution in [0.5, 0.6) is 0 Å². The van der Waals surface area contributed by atoms with Crippen LogP contribution in [0.3, 0.4) is 0 Å². The highest BCUT2D eigenvalue weighted by Crippen LogP contribution is 2.20. The molecule has 0 saturated heterocycles. The van der Waals surface area contributed by atoms with Gasteiger partial charge in [-0.25, -0.2) is 0 Å². The second-order valence-corrected chi connectivity index (χ2v) is 5.32. The molecule has 0 bridgehead atoms. The van der Waals surface area contributed by atoms with Crippen LogP contribution in [0.15, 0.2) is 29.2 Å². The number of thioether (sulfide) groups is 1. The first-order valence-corrected chi connectivity index (χ1v) is 7.58. The van der Waals surface area contributed by atoms with Crippen LogP contribution in [-0.2, 0) is 9.53 Å². The van der Waals surface area contributed by atoms with Crippen molar-refractivity contribution in [3.8, 4) is 0 Å². The Bertz CT molecular complexity index is 404. The second kappa shape index (κ2) is 9.62. The fourth-order valence-electron chi connectivity index (χ4n) is 1.65. The maximum absolute atomic E-state index is 11.1. The number of hydrogen-bond donors (Lipinski definition) is 0. The highest BCUT2D eigenvalue weighted by atomic mass is 32.2. The van der Waals surface area contributed by atoms with E-state index in [0.717, 1.165) is 36.2 Å². The zero-order chi connectivity index (χ0) is 13.9. The largest absolute Gasteiger partial charge is 0.466 e. The Hall–Kier alpha value is -1.29. The first-order valence-electron chi connectivity index (χ1n) is 6.60. The van der Waals surface area contributed by atoms with Crippen molar-refractivity contribution in [2.24, 2.45) is 0 Å². The maximum atomic E-state index is 11.1. The van der Waals surface area contributed by atoms with E-state index in [-0.39, 0.29) is 5.97 Å². The van der Waals surface area contributed by atoms with Crippen molar-refractivity contribution < 1.29 is 14.3 Å². The van der Waals surface area contributed by atoms with Gasteiger partial charge in [-0.05, 0) is 37.7 Å². The van der Waals surface area contributed by atoms with Gasteiger partial charge in [0.05, 0.1) is 6.61 Å². The Labute approximate surface area is 118 Å². The number of aldehydes is 1. The molecule has 0 amide bonds. The Morgan fingerprint density at radius 3 is 2.89 bits per heavy atom. The molecule has 104 valence electrons. The van der Waals surface area contributed by atoms with Gasteiger partial charge in [0.2, 0.25) is 0 Å². The van der Waals surface area contributed by atoms with E-state index in [9.17, 15) is 9.59 Å². The van der Waals surface area contributed by atoms with E-state index in [2.05, 4.69) is 0 Å². The summed E-state index contributed by atoms with van der Waals surface area (Å²) in [5.41, 5.74) is 0.715. The number of ether oxygens (including phenoxy) is 1. The topological polar surface area (TPSA) is 43.4 Å². The molecule has 0 atom stereocenters. The fourth-order valence-corrected chi connectivity index (χ4v) is 2.63. The summed E-state index contributed by atoms with van der Waals surface area (Å²) < 4.78 is 4.87. The molecule has 0 fully saturated rings. The third-order valence-corrected chi connectivity index (χ3v) is 3.67. The number of unbranched alkanes of at least 4 members (excludes halogenated alkanes) is 2. The smallest absolute Gasteiger partial charge is 0.305 e. The molecule has 0 unspecified atom stereocenters. The predicted molar refractivity (Wildman–Crippen MR) is 77.7 cm³/mol. The first kappa shape index (κ1) is 15.8. The maximum Gasteiger partial charge on any atom is 0.305 e. The van der Waals surface area contributed by atoms with Crippen LogP contribution in [0, 0.1) is 0 Å². The van der Waals surface area contributed by atoms with Crippen molar-refractivity contribution in [2.75, 3.05) is 12.4 Å². The standard InChI is InChI=1S/C15H20O3S/c1-2-18-15(17)9-4-3-5-10-19-14-8-6-7-13(11-14)12-16/h6-8,11-12H,2-5,9-10H2,1H3. The molecular formula is C15H20O3S. The van der Waals surface area contributed by atoms with Gasteiger partial charge in [0.1, 0.15) is 6.29 Å². The van der Waals surface area contributed by atoms with Gasteiger partial charge in [-0.15, -0.1) is 11.8 Å². The van der Waals surface area contributed by atoms with Crippen LogP contribution >= 0.6 is 11.8 Å². The van der Waals surface area contributed by atoms with Crippen LogP contribution in [0.4, 0.5) is 0 Å². The Morgan fingerprint density at radius 2 is 2.16 bits per heavy atom. The third-order valence-electron chi connectivity index (χ3n) is 2.59. The van der Waals surface area contributed by atoms with Crippen molar-refractivity contribution in [1.29, 1.82) is 0 Å². The molecule has 1 aromatic carbocycles. The lowest BCUT2D eigenvalue weighted by Crippen LogP contribution is -2.03. The van der Waals surface area contributed by atoms with E-state index in [4.69, 9.17) is 4.74 Å². The number of benzene rings is 1. The fraction of sp³-hybridized carbons (Fsp3) is 0.467. The van der Waals surface area contributed by atoms with Gasteiger partial charge in [0, 0.05) is 16.9 Å². The van der Waals surface area contributed by atoms with Crippen molar-refractivity contribution in [1.82, 2.24) is 0 Å². The summed E-state index contributed by atoms with van der Waals surface area (Å²) in [5, 5.41) is 0. The molecule has 0 spiro atoms. The van der Waals surface area contributed by atoms with Crippen LogP contribution in [-0.4, -0.2) is 24.6 Å². The van der Waals surface area contributed by atoms with Crippen molar-refractivity contribution >= 4 is 24.0 Å². The lowest BCUT2D eigenvalue weighted by molar-refractivity contribution is -0.143. The van der Waals surface area contributed by atoms with Crippen molar-refractivity contribution in [3.63, 3.8) is 0 Å². The summed E-state index contributed by atoms with van der Waals surface area (Å²) in [6.45, 7) is 2.28. The molecule has 1 rings (SSSR count). The molecule has 3 nitrogen and oxygen atoms in total. The SMILES string of the molecule is CCOC(=O)CCCCCSc1cccc(C=O)c1. The van der Waals surface area contributed by atoms with Crippen molar-refractivity contribution in [3.05, 3.63) is 29.8 Å². The van der Waals surface area contributed by atoms with Gasteiger partial charge >= 0.3 is 5.97 Å². The molecular weight excluding hydrogens is 260 g/mol. The van der Waals surface area contributed by atoms with Gasteiger partial charge < -0.3 is 4.74 Å². The van der Waals surface area contributed by atoms with E-state index < -0.39 is 0 Å². The van der Waals surface area contributed by atoms with Gasteiger partial charge in [0.15, 0.2) is 0 Å². The number of carbonyl (C=O) groups excluding carboxylic acids is 2. The van der Waals surface area contributed by atoms with E-state index in [1.165, 1.54) is 0 Å². The number of rotatable bonds is 9. The van der Waals surface area contributed by atoms with E-state index >= 15 is 0 Å². The molecule has 19 heavy (non-hydrogen) atoms. The summed E-state index contributed by atoms with van der Waals surface area (Å²) >= 11 is 1.74. The minimum Gasteiger partial charge on any atom is -0.466 e. The number of hydrogen-bond acceptors (Lipinski definition) is 4. The van der Waals surface area contributed by atoms with E-state index in [0.29, 0.717) is 18.6 Å². The van der Waals surface area contributed by atoms with Gasteiger partial charge in [0.25, 0.3) is 0 Å². The lowest BCUT2D eigenvalue weighted by atomic mass is 10.2. The summed E-state index contributed by atoms with van der Waals surface area (Å²) in [5.74, 6) is 0.902. The van der Waals surface area contributed by atoms with Gasteiger partial charge in [-0.1, -0.05) is 18.6 Å². The van der Waals surface area contributed by atoms with Crippen LogP contribution in [0.25, 0.3) is 0 Å². The minimum atomic E-state index is -0.103. The quantitative estimate of drug-likeness (QED) is 0.299. The average Bonchev–Trinajstić information content (AvgIpc) is 2.43. The number of carbonyl (C=O) groups is 2. The van der Waals surface area contributed by atoms with Crippen LogP contribution in [0.1, 0.15) is 43.0 Å². The monoisotopic (exact) mass is 280 g/mol. The molecule has 0 aliphatic carbocycles. The molecule has 0 heterocycles. The summed E-state index contributed by atoms with van der Waals surface area (Å²) in [4.78, 5) is 22.9. The highest BCUT2D eigenvalue weighted by molar-refractivity contribution is 7.99. The van der Waals surface area contributed by atoms with Gasteiger partial charge in [-0.2, -0.15) is 0 Å². The lowest BCUT2D eigenvalue weighted by Gasteiger charge is -2.03. The summed E-state index contributed by atoms with van der Waals surface area (Å²) in [7, 11) is 0. The summed E-state index contributed by atoms with van der Waals surface area (Å²) in [6, 6.07) is 7.61. The normalized spacial score (nSPS) is 10.2. The Balaban J connectivity index is 2.10. The molecule has 4 heteroatoms. The van der Waals surface area contributed by atoms with Crippen LogP contribution in [0.2, 0.25) is 0 Å². The molecule has 1 aromatic rings. The average molecular weight is 280 g/mol. The second-order valence-electron chi connectivity index (χ2n) is 4.15. The summed E-state index contributed by atoms with van der Waals surface area (Å²) in [6.07, 6.45) is 4.35. The van der Waals surface area contributed by atoms with Crippen molar-refractivity contribution in [2.45, 2.75) is 37.5 Å². The molecule has 0 aliphatic rings. The Morgan fingerprint density at radius 1 is 1.32 bits per heavy atom. The van der Waals surface area contributed by atoms with E-state index in [1.807, 2.05) is 25.1 Å². The predicted octanol–water partition coefficient (Wildman–Crippen LogP) is 3.71. The molecule has 0 N–H and O–H groups in total. The molecule has 0 aliphatic heterocycles. The highest BCUT2D eigenvalue weighted by Gasteiger charge is 2.01.